The molecule has 2 aromatic heterocycles. The van der Waals surface area contributed by atoms with Crippen molar-refractivity contribution in [1.82, 2.24) is 25.1 Å². The molecule has 0 saturated heterocycles. The molecule has 0 aliphatic heterocycles. The fourth-order valence-corrected chi connectivity index (χ4v) is 1.99. The molecule has 2 heterocycles. The number of nitrogens with one attached hydrogen (secondary N) is 3. The summed E-state index contributed by atoms with van der Waals surface area (Å²) in [5.74, 6) is 1.15. The second kappa shape index (κ2) is 4.55. The Balaban J connectivity index is 1.89. The van der Waals surface area contributed by atoms with Crippen molar-refractivity contribution in [3.05, 3.63) is 33.3 Å². The number of carbonyl (C=O) groups excluding carboxylic acids is 1. The number of nitrogens with zero attached hydrogens (tertiary/aromatic N) is 3. The van der Waals surface area contributed by atoms with Crippen molar-refractivity contribution in [3.8, 4) is 0 Å². The van der Waals surface area contributed by atoms with Gasteiger partial charge >= 0.3 is 0 Å². The van der Waals surface area contributed by atoms with Crippen molar-refractivity contribution in [3.63, 3.8) is 0 Å². The Bertz CT molecular complexity index is 728. The molecule has 0 bridgehead atoms. The highest BCUT2D eigenvalue weighted by Crippen LogP contribution is 2.37. The van der Waals surface area contributed by atoms with E-state index in [1.54, 1.807) is 13.8 Å². The molecule has 3 rings (SSSR count). The number of anilines is 1. The summed E-state index contributed by atoms with van der Waals surface area (Å²) in [6.45, 7) is 3.37. The Hall–Kier alpha value is -2.51. The molecule has 1 aliphatic rings. The molecule has 1 amide bonds. The smallest absolute Gasteiger partial charge is 0.265 e. The Labute approximate surface area is 114 Å². The van der Waals surface area contributed by atoms with Crippen LogP contribution < -0.4 is 10.9 Å². The van der Waals surface area contributed by atoms with Gasteiger partial charge in [-0.3, -0.25) is 20.0 Å². The lowest BCUT2D eigenvalue weighted by Gasteiger charge is -2.05. The molecule has 8 nitrogen and oxygen atoms in total. The number of aryl methyl sites for hydroxylation is 2. The van der Waals surface area contributed by atoms with Gasteiger partial charge in [-0.15, -0.1) is 5.10 Å². The van der Waals surface area contributed by atoms with E-state index in [0.29, 0.717) is 23.3 Å². The number of rotatable bonds is 3. The summed E-state index contributed by atoms with van der Waals surface area (Å²) in [4.78, 5) is 35.1. The van der Waals surface area contributed by atoms with Crippen LogP contribution in [-0.2, 0) is 0 Å². The summed E-state index contributed by atoms with van der Waals surface area (Å²) in [5.41, 5.74) is -0.0126. The average Bonchev–Trinajstić information content (AvgIpc) is 3.13. The molecule has 8 heteroatoms. The predicted molar refractivity (Wildman–Crippen MR) is 70.6 cm³/mol. The van der Waals surface area contributed by atoms with Crippen LogP contribution in [0.3, 0.4) is 0 Å². The molecule has 20 heavy (non-hydrogen) atoms. The largest absolute Gasteiger partial charge is 0.310 e. The maximum absolute atomic E-state index is 12.1. The van der Waals surface area contributed by atoms with E-state index in [2.05, 4.69) is 30.5 Å². The zero-order chi connectivity index (χ0) is 14.3. The molecule has 1 saturated carbocycles. The SMILES string of the molecule is Cc1nc(NC(=O)c2c(C)nc(C3CC3)[nH]c2=O)n[nH]1. The Morgan fingerprint density at radius 2 is 2.05 bits per heavy atom. The summed E-state index contributed by atoms with van der Waals surface area (Å²) in [5, 5.41) is 8.88. The van der Waals surface area contributed by atoms with Crippen molar-refractivity contribution < 1.29 is 4.79 Å². The average molecular weight is 274 g/mol. The van der Waals surface area contributed by atoms with Crippen LogP contribution in [0.5, 0.6) is 0 Å². The van der Waals surface area contributed by atoms with Gasteiger partial charge in [0.1, 0.15) is 17.2 Å². The van der Waals surface area contributed by atoms with Crippen LogP contribution in [-0.4, -0.2) is 31.1 Å². The van der Waals surface area contributed by atoms with Crippen molar-refractivity contribution in [2.24, 2.45) is 0 Å². The van der Waals surface area contributed by atoms with Gasteiger partial charge in [-0.1, -0.05) is 0 Å². The molecular weight excluding hydrogens is 260 g/mol. The van der Waals surface area contributed by atoms with Gasteiger partial charge in [0.05, 0.1) is 5.69 Å². The fraction of sp³-hybridized carbons (Fsp3) is 0.417. The standard InChI is InChI=1S/C12H14N6O2/c1-5-8(10(19)15-9(13-5)7-3-4-7)11(20)16-12-14-6(2)17-18-12/h7H,3-4H2,1-2H3,(H,13,15,19)(H2,14,16,17,18,20). The number of amides is 1. The van der Waals surface area contributed by atoms with Gasteiger partial charge in [-0.2, -0.15) is 4.98 Å². The van der Waals surface area contributed by atoms with Gasteiger partial charge < -0.3 is 4.98 Å². The van der Waals surface area contributed by atoms with Crippen molar-refractivity contribution in [1.29, 1.82) is 0 Å². The summed E-state index contributed by atoms with van der Waals surface area (Å²) >= 11 is 0. The van der Waals surface area contributed by atoms with Crippen LogP contribution >= 0.6 is 0 Å². The summed E-state index contributed by atoms with van der Waals surface area (Å²) in [6, 6.07) is 0. The van der Waals surface area contributed by atoms with Crippen LogP contribution in [0, 0.1) is 13.8 Å². The van der Waals surface area contributed by atoms with E-state index >= 15 is 0 Å². The molecule has 0 spiro atoms. The highest BCUT2D eigenvalue weighted by Gasteiger charge is 2.28. The van der Waals surface area contributed by atoms with Crippen LogP contribution in [0.1, 0.15) is 46.5 Å². The van der Waals surface area contributed by atoms with Crippen LogP contribution in [0.4, 0.5) is 5.95 Å². The van der Waals surface area contributed by atoms with E-state index in [9.17, 15) is 9.59 Å². The van der Waals surface area contributed by atoms with E-state index < -0.39 is 11.5 Å². The Kier molecular flexibility index (Phi) is 2.85. The van der Waals surface area contributed by atoms with Crippen molar-refractivity contribution in [2.45, 2.75) is 32.6 Å². The number of aromatic nitrogens is 5. The fourth-order valence-electron chi connectivity index (χ4n) is 1.99. The Morgan fingerprint density at radius 1 is 1.30 bits per heavy atom. The predicted octanol–water partition coefficient (Wildman–Crippen LogP) is 0.635. The molecule has 0 aromatic carbocycles. The van der Waals surface area contributed by atoms with Crippen LogP contribution in [0.2, 0.25) is 0 Å². The lowest BCUT2D eigenvalue weighted by atomic mass is 10.2. The summed E-state index contributed by atoms with van der Waals surface area (Å²) < 4.78 is 0. The number of hydrogen-bond acceptors (Lipinski definition) is 5. The number of hydrogen-bond donors (Lipinski definition) is 3. The lowest BCUT2D eigenvalue weighted by Crippen LogP contribution is -2.27. The van der Waals surface area contributed by atoms with Crippen molar-refractivity contribution in [2.75, 3.05) is 5.32 Å². The Morgan fingerprint density at radius 3 is 2.60 bits per heavy atom. The monoisotopic (exact) mass is 274 g/mol. The normalized spacial score (nSPS) is 14.3. The van der Waals surface area contributed by atoms with E-state index in [1.165, 1.54) is 0 Å². The van der Waals surface area contributed by atoms with Crippen LogP contribution in [0.25, 0.3) is 0 Å². The first-order valence-corrected chi connectivity index (χ1v) is 6.36. The summed E-state index contributed by atoms with van der Waals surface area (Å²) in [7, 11) is 0. The molecular formula is C12H14N6O2. The molecule has 1 fully saturated rings. The van der Waals surface area contributed by atoms with E-state index in [4.69, 9.17) is 0 Å². The van der Waals surface area contributed by atoms with Gasteiger partial charge in [0, 0.05) is 5.92 Å². The third-order valence-corrected chi connectivity index (χ3v) is 3.13. The highest BCUT2D eigenvalue weighted by atomic mass is 16.2. The second-order valence-electron chi connectivity index (χ2n) is 4.88. The second-order valence-corrected chi connectivity index (χ2v) is 4.88. The molecule has 0 unspecified atom stereocenters. The van der Waals surface area contributed by atoms with Gasteiger partial charge in [0.25, 0.3) is 11.5 Å². The maximum Gasteiger partial charge on any atom is 0.265 e. The third kappa shape index (κ3) is 2.31. The molecule has 1 aliphatic carbocycles. The quantitative estimate of drug-likeness (QED) is 0.759. The molecule has 2 aromatic rings. The van der Waals surface area contributed by atoms with Gasteiger partial charge in [0.15, 0.2) is 0 Å². The first kappa shape index (κ1) is 12.5. The lowest BCUT2D eigenvalue weighted by molar-refractivity contribution is 0.102. The maximum atomic E-state index is 12.1. The third-order valence-electron chi connectivity index (χ3n) is 3.13. The van der Waals surface area contributed by atoms with Gasteiger partial charge in [0.2, 0.25) is 5.95 Å². The minimum absolute atomic E-state index is 0.00291. The highest BCUT2D eigenvalue weighted by molar-refractivity contribution is 6.03. The van der Waals surface area contributed by atoms with E-state index in [0.717, 1.165) is 12.8 Å². The van der Waals surface area contributed by atoms with Gasteiger partial charge in [-0.05, 0) is 26.7 Å². The van der Waals surface area contributed by atoms with Crippen molar-refractivity contribution >= 4 is 11.9 Å². The molecule has 3 N–H and O–H groups in total. The van der Waals surface area contributed by atoms with E-state index in [1.807, 2.05) is 0 Å². The molecule has 0 radical (unpaired) electrons. The molecule has 104 valence electrons. The number of H-pyrrole nitrogens is 2. The summed E-state index contributed by atoms with van der Waals surface area (Å²) in [6.07, 6.45) is 2.06. The van der Waals surface area contributed by atoms with E-state index in [-0.39, 0.29) is 11.5 Å². The minimum atomic E-state index is -0.558. The minimum Gasteiger partial charge on any atom is -0.310 e. The topological polar surface area (TPSA) is 116 Å². The zero-order valence-corrected chi connectivity index (χ0v) is 11.1. The number of carbonyl (C=O) groups is 1. The molecule has 0 atom stereocenters. The zero-order valence-electron chi connectivity index (χ0n) is 11.1. The first-order valence-electron chi connectivity index (χ1n) is 6.36. The number of aromatic amines is 2. The first-order chi connectivity index (χ1) is 9.54. The van der Waals surface area contributed by atoms with Gasteiger partial charge in [-0.25, -0.2) is 4.98 Å². The van der Waals surface area contributed by atoms with Crippen LogP contribution in [0.15, 0.2) is 4.79 Å².